The van der Waals surface area contributed by atoms with E-state index in [4.69, 9.17) is 10.2 Å². The van der Waals surface area contributed by atoms with Crippen LogP contribution < -0.4 is 0 Å². The van der Waals surface area contributed by atoms with Crippen LogP contribution in [0.25, 0.3) is 11.1 Å². The Morgan fingerprint density at radius 1 is 0.885 bits per heavy atom. The quantitative estimate of drug-likeness (QED) is 0.643. The average molecular weight is 354 g/mol. The fraction of sp³-hybridized carbons (Fsp3) is 0.364. The van der Waals surface area contributed by atoms with E-state index in [2.05, 4.69) is 64.1 Å². The maximum absolute atomic E-state index is 9.43. The lowest BCUT2D eigenvalue weighted by molar-refractivity contribution is -0.147. The molecular weight excluding hydrogens is 328 g/mol. The summed E-state index contributed by atoms with van der Waals surface area (Å²) in [4.78, 5) is 18.9. The number of carboxylic acid groups (broad SMARTS) is 2. The van der Waals surface area contributed by atoms with Crippen molar-refractivity contribution in [2.24, 2.45) is 0 Å². The van der Waals surface area contributed by atoms with Gasteiger partial charge in [0.2, 0.25) is 0 Å². The Bertz CT molecular complexity index is 807. The maximum atomic E-state index is 9.43. The molecule has 2 aromatic rings. The summed E-state index contributed by atoms with van der Waals surface area (Å²) in [5.41, 5.74) is 9.08. The summed E-state index contributed by atoms with van der Waals surface area (Å²) in [7, 11) is 0. The van der Waals surface area contributed by atoms with Crippen LogP contribution in [0.15, 0.2) is 36.4 Å². The van der Waals surface area contributed by atoms with Crippen LogP contribution in [0.4, 0.5) is 0 Å². The third kappa shape index (κ3) is 4.31. The van der Waals surface area contributed by atoms with E-state index in [1.165, 1.54) is 22.3 Å². The van der Waals surface area contributed by atoms with Gasteiger partial charge in [-0.15, -0.1) is 0 Å². The fourth-order valence-electron chi connectivity index (χ4n) is 3.57. The molecule has 138 valence electrons. The predicted molar refractivity (Wildman–Crippen MR) is 103 cm³/mol. The fourth-order valence-corrected chi connectivity index (χ4v) is 3.57. The van der Waals surface area contributed by atoms with Crippen LogP contribution in [0, 0.1) is 0 Å². The second-order valence-electron chi connectivity index (χ2n) is 7.20. The van der Waals surface area contributed by atoms with E-state index >= 15 is 0 Å². The molecular formula is C22H26O4. The highest BCUT2D eigenvalue weighted by molar-refractivity contribution is 5.88. The molecule has 3 rings (SSSR count). The van der Waals surface area contributed by atoms with Gasteiger partial charge in [0, 0.05) is 0 Å². The number of benzene rings is 2. The molecule has 4 heteroatoms. The molecule has 0 spiro atoms. The minimum atomic E-state index is -1.31. The van der Waals surface area contributed by atoms with E-state index in [0.29, 0.717) is 11.8 Å². The molecule has 0 aromatic heterocycles. The van der Waals surface area contributed by atoms with E-state index in [0.717, 1.165) is 6.42 Å². The molecule has 0 aliphatic heterocycles. The van der Waals surface area contributed by atoms with Gasteiger partial charge in [0.25, 0.3) is 0 Å². The van der Waals surface area contributed by atoms with Gasteiger partial charge in [-0.1, -0.05) is 64.1 Å². The van der Waals surface area contributed by atoms with E-state index in [9.17, 15) is 9.59 Å². The molecule has 2 N–H and O–H groups in total. The van der Waals surface area contributed by atoms with E-state index < -0.39 is 18.4 Å². The second kappa shape index (κ2) is 8.17. The van der Waals surface area contributed by atoms with Gasteiger partial charge in [0.05, 0.1) is 0 Å². The van der Waals surface area contributed by atoms with Gasteiger partial charge in [0.1, 0.15) is 6.42 Å². The largest absolute Gasteiger partial charge is 0.481 e. The van der Waals surface area contributed by atoms with Gasteiger partial charge < -0.3 is 10.2 Å². The van der Waals surface area contributed by atoms with Gasteiger partial charge in [-0.2, -0.15) is 0 Å². The van der Waals surface area contributed by atoms with Crippen LogP contribution >= 0.6 is 0 Å². The van der Waals surface area contributed by atoms with Crippen molar-refractivity contribution in [3.8, 4) is 11.1 Å². The molecule has 2 aromatic carbocycles. The smallest absolute Gasteiger partial charge is 0.314 e. The van der Waals surface area contributed by atoms with E-state index in [1.54, 1.807) is 11.1 Å². The van der Waals surface area contributed by atoms with Crippen LogP contribution in [0.3, 0.4) is 0 Å². The number of hydrogen-bond donors (Lipinski definition) is 2. The number of fused-ring (bicyclic) bond motifs is 3. The van der Waals surface area contributed by atoms with E-state index in [-0.39, 0.29) is 0 Å². The van der Waals surface area contributed by atoms with Crippen LogP contribution in [0.1, 0.15) is 68.2 Å². The standard InChI is InChI=1S/C19H22.C3H4O4/c1-12(2)15-9-10-17-16-8-6-5-7-14(16)11-18(17)19(15)13(3)4;4-2(5)1-3(6)7/h5-10,12-13H,11H2,1-4H3;1H2,(H,4,5)(H,6,7). The number of hydrogen-bond acceptors (Lipinski definition) is 2. The predicted octanol–water partition coefficient (Wildman–Crippen LogP) is 5.05. The zero-order valence-corrected chi connectivity index (χ0v) is 15.7. The molecule has 0 saturated carbocycles. The summed E-state index contributed by atoms with van der Waals surface area (Å²) in [6.45, 7) is 9.25. The van der Waals surface area contributed by atoms with Crippen LogP contribution in [0.2, 0.25) is 0 Å². The Hall–Kier alpha value is -2.62. The topological polar surface area (TPSA) is 74.6 Å². The van der Waals surface area contributed by atoms with Crippen LogP contribution in [-0.2, 0) is 16.0 Å². The lowest BCUT2D eigenvalue weighted by Crippen LogP contribution is -2.03. The van der Waals surface area contributed by atoms with Crippen molar-refractivity contribution in [3.05, 3.63) is 58.7 Å². The van der Waals surface area contributed by atoms with Crippen LogP contribution in [-0.4, -0.2) is 22.2 Å². The molecule has 0 bridgehead atoms. The lowest BCUT2D eigenvalue weighted by Gasteiger charge is -2.20. The average Bonchev–Trinajstić information content (AvgIpc) is 2.91. The summed E-state index contributed by atoms with van der Waals surface area (Å²) in [5, 5.41) is 15.4. The number of carboxylic acids is 2. The van der Waals surface area contributed by atoms with Crippen LogP contribution in [0.5, 0.6) is 0 Å². The highest BCUT2D eigenvalue weighted by atomic mass is 16.4. The van der Waals surface area contributed by atoms with Gasteiger partial charge in [-0.25, -0.2) is 0 Å². The molecule has 0 saturated heterocycles. The minimum Gasteiger partial charge on any atom is -0.481 e. The zero-order chi connectivity index (χ0) is 19.4. The highest BCUT2D eigenvalue weighted by Crippen LogP contribution is 2.42. The van der Waals surface area contributed by atoms with Crippen molar-refractivity contribution in [2.75, 3.05) is 0 Å². The van der Waals surface area contributed by atoms with Gasteiger partial charge in [-0.3, -0.25) is 9.59 Å². The van der Waals surface area contributed by atoms with Gasteiger partial charge >= 0.3 is 11.9 Å². The Morgan fingerprint density at radius 2 is 1.50 bits per heavy atom. The Morgan fingerprint density at radius 3 is 2.00 bits per heavy atom. The SMILES string of the molecule is CC(C)c1ccc2c(c1C(C)C)Cc1ccccc1-2.O=C(O)CC(=O)O. The van der Waals surface area contributed by atoms with Gasteiger partial charge in [-0.05, 0) is 51.6 Å². The molecule has 0 amide bonds. The lowest BCUT2D eigenvalue weighted by atomic mass is 9.85. The van der Waals surface area contributed by atoms with Crippen molar-refractivity contribution in [1.29, 1.82) is 0 Å². The Kier molecular flexibility index (Phi) is 6.19. The summed E-state index contributed by atoms with van der Waals surface area (Å²) in [6, 6.07) is 13.5. The molecule has 0 radical (unpaired) electrons. The van der Waals surface area contributed by atoms with Crippen molar-refractivity contribution in [3.63, 3.8) is 0 Å². The number of aliphatic carboxylic acids is 2. The van der Waals surface area contributed by atoms with Gasteiger partial charge in [0.15, 0.2) is 0 Å². The molecule has 4 nitrogen and oxygen atoms in total. The zero-order valence-electron chi connectivity index (χ0n) is 15.7. The first-order chi connectivity index (χ1) is 12.2. The third-order valence-electron chi connectivity index (χ3n) is 4.57. The summed E-state index contributed by atoms with van der Waals surface area (Å²) in [5.74, 6) is -1.42. The van der Waals surface area contributed by atoms with Crippen molar-refractivity contribution in [2.45, 2.75) is 52.4 Å². The first kappa shape index (κ1) is 19.7. The number of carbonyl (C=O) groups is 2. The minimum absolute atomic E-state index is 0.599. The first-order valence-electron chi connectivity index (χ1n) is 8.89. The molecule has 0 heterocycles. The van der Waals surface area contributed by atoms with Crippen molar-refractivity contribution < 1.29 is 19.8 Å². The molecule has 1 aliphatic carbocycles. The molecule has 0 fully saturated rings. The highest BCUT2D eigenvalue weighted by Gasteiger charge is 2.24. The van der Waals surface area contributed by atoms with E-state index in [1.807, 2.05) is 0 Å². The first-order valence-corrected chi connectivity index (χ1v) is 8.89. The second-order valence-corrected chi connectivity index (χ2v) is 7.20. The summed E-state index contributed by atoms with van der Waals surface area (Å²) >= 11 is 0. The Balaban J connectivity index is 0.000000298. The molecule has 0 unspecified atom stereocenters. The molecule has 26 heavy (non-hydrogen) atoms. The third-order valence-corrected chi connectivity index (χ3v) is 4.57. The summed E-state index contributed by atoms with van der Waals surface area (Å²) in [6.07, 6.45) is 0.305. The monoisotopic (exact) mass is 354 g/mol. The normalized spacial score (nSPS) is 11.6. The maximum Gasteiger partial charge on any atom is 0.314 e. The van der Waals surface area contributed by atoms with Crippen molar-refractivity contribution in [1.82, 2.24) is 0 Å². The van der Waals surface area contributed by atoms with Crippen molar-refractivity contribution >= 4 is 11.9 Å². The molecule has 1 aliphatic rings. The number of rotatable bonds is 4. The Labute approximate surface area is 154 Å². The molecule has 0 atom stereocenters. The summed E-state index contributed by atoms with van der Waals surface area (Å²) < 4.78 is 0.